The van der Waals surface area contributed by atoms with E-state index in [0.29, 0.717) is 29.0 Å². The fraction of sp³-hybridized carbons (Fsp3) is 0.500. The van der Waals surface area contributed by atoms with E-state index in [9.17, 15) is 0 Å². The van der Waals surface area contributed by atoms with Gasteiger partial charge in [-0.2, -0.15) is 0 Å². The Hall–Kier alpha value is -0.301. The molecule has 0 amide bonds. The number of hydrogen-bond donors (Lipinski definition) is 0. The molecule has 0 aliphatic rings. The summed E-state index contributed by atoms with van der Waals surface area (Å²) in [5, 5.41) is 0. The molecule has 0 unspecified atom stereocenters. The number of rotatable bonds is 12. The van der Waals surface area contributed by atoms with E-state index in [4.69, 9.17) is 0 Å². The summed E-state index contributed by atoms with van der Waals surface area (Å²) in [6, 6.07) is 9.65. The van der Waals surface area contributed by atoms with Gasteiger partial charge in [0.05, 0.1) is 0 Å². The first-order chi connectivity index (χ1) is 13.3. The molecule has 0 aliphatic carbocycles. The zero-order valence-electron chi connectivity index (χ0n) is 16.8. The fourth-order valence-electron chi connectivity index (χ4n) is 3.56. The third-order valence-electron chi connectivity index (χ3n) is 5.15. The van der Waals surface area contributed by atoms with Gasteiger partial charge in [0.15, 0.2) is 0 Å². The summed E-state index contributed by atoms with van der Waals surface area (Å²) in [5.41, 5.74) is 3.26. The standard InChI is InChI=1S/C24H32SSe2/c1-3-5-7-9-11-19-15-17-26-23(19)21-13-14-22(25-21)24-20(16-18-27-24)12-10-8-6-4-2/h13-18H,3-12H2,1-2H3. The average Bonchev–Trinajstić information content (AvgIpc) is 3.42. The van der Waals surface area contributed by atoms with E-state index in [-0.39, 0.29) is 0 Å². The SMILES string of the molecule is CCCCCCc1cc[se]c1-c1ccc(-c2[se]ccc2CCCCCC)s1. The summed E-state index contributed by atoms with van der Waals surface area (Å²) < 4.78 is 3.33. The van der Waals surface area contributed by atoms with Gasteiger partial charge in [0.1, 0.15) is 0 Å². The third kappa shape index (κ3) is 6.09. The van der Waals surface area contributed by atoms with Crippen molar-refractivity contribution in [2.75, 3.05) is 0 Å². The van der Waals surface area contributed by atoms with Gasteiger partial charge in [0.2, 0.25) is 0 Å². The van der Waals surface area contributed by atoms with Crippen LogP contribution >= 0.6 is 11.3 Å². The van der Waals surface area contributed by atoms with Crippen LogP contribution in [0.15, 0.2) is 34.1 Å². The molecule has 146 valence electrons. The summed E-state index contributed by atoms with van der Waals surface area (Å²) in [6.45, 7) is 4.59. The van der Waals surface area contributed by atoms with E-state index < -0.39 is 0 Å². The number of unbranched alkanes of at least 4 members (excludes halogenated alkanes) is 6. The first-order valence-electron chi connectivity index (χ1n) is 10.6. The van der Waals surface area contributed by atoms with Gasteiger partial charge in [0, 0.05) is 0 Å². The zero-order chi connectivity index (χ0) is 18.9. The Morgan fingerprint density at radius 2 is 1.11 bits per heavy atom. The van der Waals surface area contributed by atoms with Crippen molar-refractivity contribution >= 4 is 40.3 Å². The summed E-state index contributed by atoms with van der Waals surface area (Å²) >= 11 is 3.14. The van der Waals surface area contributed by atoms with Crippen LogP contribution in [0.5, 0.6) is 0 Å². The number of aryl methyl sites for hydroxylation is 2. The quantitative estimate of drug-likeness (QED) is 0.176. The predicted molar refractivity (Wildman–Crippen MR) is 125 cm³/mol. The minimum absolute atomic E-state index is 0.540. The van der Waals surface area contributed by atoms with Crippen molar-refractivity contribution in [3.8, 4) is 18.6 Å². The Balaban J connectivity index is 1.68. The molecule has 3 heteroatoms. The van der Waals surface area contributed by atoms with Crippen molar-refractivity contribution < 1.29 is 0 Å². The molecule has 0 saturated carbocycles. The molecule has 0 nitrogen and oxygen atoms in total. The van der Waals surface area contributed by atoms with Crippen LogP contribution in [0, 0.1) is 0 Å². The molecule has 0 radical (unpaired) electrons. The van der Waals surface area contributed by atoms with Crippen LogP contribution in [-0.2, 0) is 12.8 Å². The van der Waals surface area contributed by atoms with Crippen molar-refractivity contribution in [2.24, 2.45) is 0 Å². The normalized spacial score (nSPS) is 11.3. The maximum atomic E-state index is 2.43. The summed E-state index contributed by atoms with van der Waals surface area (Å²) in [4.78, 5) is 7.94. The number of thiophene rings is 1. The Labute approximate surface area is 181 Å². The van der Waals surface area contributed by atoms with Crippen LogP contribution in [0.4, 0.5) is 0 Å². The Morgan fingerprint density at radius 3 is 1.56 bits per heavy atom. The molecule has 3 rings (SSSR count). The van der Waals surface area contributed by atoms with Gasteiger partial charge in [-0.25, -0.2) is 0 Å². The van der Waals surface area contributed by atoms with Gasteiger partial charge in [-0.05, 0) is 0 Å². The van der Waals surface area contributed by atoms with Crippen molar-refractivity contribution in [3.05, 3.63) is 45.3 Å². The molecule has 0 aromatic carbocycles. The number of hydrogen-bond acceptors (Lipinski definition) is 1. The first-order valence-corrected chi connectivity index (χ1v) is 15.1. The molecule has 0 atom stereocenters. The predicted octanol–water partition coefficient (Wildman–Crippen LogP) is 7.44. The van der Waals surface area contributed by atoms with Gasteiger partial charge < -0.3 is 0 Å². The topological polar surface area (TPSA) is 0 Å². The Morgan fingerprint density at radius 1 is 0.630 bits per heavy atom. The minimum atomic E-state index is 0.540. The van der Waals surface area contributed by atoms with Crippen LogP contribution < -0.4 is 0 Å². The summed E-state index contributed by atoms with van der Waals surface area (Å²) in [7, 11) is 0. The molecule has 3 heterocycles. The zero-order valence-corrected chi connectivity index (χ0v) is 21.0. The first kappa shape index (κ1) is 21.4. The second-order valence-corrected chi connectivity index (χ2v) is 12.3. The molecule has 3 aromatic heterocycles. The van der Waals surface area contributed by atoms with E-state index in [2.05, 4.69) is 59.3 Å². The van der Waals surface area contributed by atoms with Gasteiger partial charge in [0.25, 0.3) is 0 Å². The van der Waals surface area contributed by atoms with Crippen LogP contribution in [0.3, 0.4) is 0 Å². The molecule has 3 aromatic rings. The van der Waals surface area contributed by atoms with Gasteiger partial charge in [-0.1, -0.05) is 0 Å². The second kappa shape index (κ2) is 11.6. The molecule has 0 saturated heterocycles. The van der Waals surface area contributed by atoms with Gasteiger partial charge in [-0.15, -0.1) is 0 Å². The maximum absolute atomic E-state index is 2.43. The van der Waals surface area contributed by atoms with Crippen molar-refractivity contribution in [1.82, 2.24) is 0 Å². The Kier molecular flexibility index (Phi) is 9.23. The molecule has 0 bridgehead atoms. The van der Waals surface area contributed by atoms with Crippen LogP contribution in [0.25, 0.3) is 18.6 Å². The van der Waals surface area contributed by atoms with E-state index >= 15 is 0 Å². The van der Waals surface area contributed by atoms with Crippen LogP contribution in [-0.4, -0.2) is 29.0 Å². The monoisotopic (exact) mass is 512 g/mol. The summed E-state index contributed by atoms with van der Waals surface area (Å²) in [6.07, 6.45) is 13.4. The van der Waals surface area contributed by atoms with Gasteiger partial charge in [-0.3, -0.25) is 0 Å². The van der Waals surface area contributed by atoms with E-state index in [1.165, 1.54) is 64.2 Å². The van der Waals surface area contributed by atoms with Crippen LogP contribution in [0.2, 0.25) is 0 Å². The molecular weight excluding hydrogens is 478 g/mol. The fourth-order valence-corrected chi connectivity index (χ4v) is 9.21. The second-order valence-electron chi connectivity index (χ2n) is 7.34. The van der Waals surface area contributed by atoms with E-state index in [0.717, 1.165) is 0 Å². The molecule has 0 aliphatic heterocycles. The molecule has 0 spiro atoms. The molecule has 27 heavy (non-hydrogen) atoms. The van der Waals surface area contributed by atoms with Crippen molar-refractivity contribution in [2.45, 2.75) is 78.1 Å². The molecular formula is C24H32SSe2. The molecule has 0 N–H and O–H groups in total. The van der Waals surface area contributed by atoms with Crippen molar-refractivity contribution in [1.29, 1.82) is 0 Å². The summed E-state index contributed by atoms with van der Waals surface area (Å²) in [5.74, 6) is 0. The van der Waals surface area contributed by atoms with Crippen LogP contribution in [0.1, 0.15) is 76.3 Å². The van der Waals surface area contributed by atoms with Crippen molar-refractivity contribution in [3.63, 3.8) is 0 Å². The third-order valence-corrected chi connectivity index (χ3v) is 11.0. The average molecular weight is 511 g/mol. The van der Waals surface area contributed by atoms with E-state index in [1.807, 2.05) is 0 Å². The van der Waals surface area contributed by atoms with E-state index in [1.54, 1.807) is 29.8 Å². The van der Waals surface area contributed by atoms with Gasteiger partial charge >= 0.3 is 182 Å². The molecule has 0 fully saturated rings. The Bertz CT molecular complexity index is 728.